The summed E-state index contributed by atoms with van der Waals surface area (Å²) in [4.78, 5) is 12.6. The van der Waals surface area contributed by atoms with Crippen molar-refractivity contribution < 1.29 is 0 Å². The van der Waals surface area contributed by atoms with Gasteiger partial charge in [0.05, 0.1) is 28.5 Å². The second-order valence-electron chi connectivity index (χ2n) is 8.47. The van der Waals surface area contributed by atoms with E-state index in [0.717, 1.165) is 67.1 Å². The Hall–Kier alpha value is -3.49. The van der Waals surface area contributed by atoms with Crippen LogP contribution in [0, 0.1) is 18.3 Å². The van der Waals surface area contributed by atoms with Gasteiger partial charge < -0.3 is 0 Å². The normalized spacial score (nSPS) is 13.8. The van der Waals surface area contributed by atoms with Gasteiger partial charge in [0.25, 0.3) is 0 Å². The first-order chi connectivity index (χ1) is 15.7. The molecule has 0 unspecified atom stereocenters. The predicted octanol–water partition coefficient (Wildman–Crippen LogP) is 4.76. The van der Waals surface area contributed by atoms with Gasteiger partial charge in [-0.1, -0.05) is 43.3 Å². The minimum absolute atomic E-state index is 0.685. The topological polar surface area (TPSA) is 57.7 Å². The first-order valence-electron chi connectivity index (χ1n) is 11.3. The second kappa shape index (κ2) is 8.57. The van der Waals surface area contributed by atoms with Crippen LogP contribution in [0.2, 0.25) is 0 Å². The van der Waals surface area contributed by atoms with E-state index in [2.05, 4.69) is 71.8 Å². The molecule has 160 valence electrons. The summed E-state index contributed by atoms with van der Waals surface area (Å²) in [6.07, 6.45) is 2.79. The molecule has 0 bridgehead atoms. The maximum Gasteiger partial charge on any atom is 0.234 e. The van der Waals surface area contributed by atoms with Gasteiger partial charge in [0.15, 0.2) is 0 Å². The molecule has 4 aromatic rings. The maximum atomic E-state index is 9.54. The monoisotopic (exact) mass is 421 g/mol. The summed E-state index contributed by atoms with van der Waals surface area (Å²) < 4.78 is 2.11. The largest absolute Gasteiger partial charge is 0.299 e. The van der Waals surface area contributed by atoms with Gasteiger partial charge in [-0.25, -0.2) is 9.97 Å². The number of benzene rings is 2. The van der Waals surface area contributed by atoms with Crippen molar-refractivity contribution in [1.82, 2.24) is 19.4 Å². The molecule has 0 saturated heterocycles. The number of nitrogens with zero attached hydrogens (tertiary/aromatic N) is 5. The quantitative estimate of drug-likeness (QED) is 0.466. The Labute approximate surface area is 189 Å². The van der Waals surface area contributed by atoms with Crippen molar-refractivity contribution in [2.45, 2.75) is 39.7 Å². The number of rotatable bonds is 5. The summed E-state index contributed by atoms with van der Waals surface area (Å²) in [5.41, 5.74) is 7.65. The third-order valence-electron chi connectivity index (χ3n) is 6.50. The molecule has 1 aliphatic rings. The van der Waals surface area contributed by atoms with Crippen molar-refractivity contribution in [2.75, 3.05) is 13.1 Å². The van der Waals surface area contributed by atoms with Crippen molar-refractivity contribution >= 4 is 10.9 Å². The van der Waals surface area contributed by atoms with Crippen LogP contribution in [0.15, 0.2) is 54.6 Å². The average molecular weight is 422 g/mol. The van der Waals surface area contributed by atoms with Crippen LogP contribution in [-0.4, -0.2) is 32.5 Å². The fraction of sp³-hybridized carbons (Fsp3) is 0.296. The van der Waals surface area contributed by atoms with Gasteiger partial charge >= 0.3 is 0 Å². The molecule has 1 aliphatic heterocycles. The first-order valence-corrected chi connectivity index (χ1v) is 11.3. The van der Waals surface area contributed by atoms with Gasteiger partial charge in [-0.2, -0.15) is 5.26 Å². The summed E-state index contributed by atoms with van der Waals surface area (Å²) in [7, 11) is 0. The van der Waals surface area contributed by atoms with E-state index in [0.29, 0.717) is 5.56 Å². The van der Waals surface area contributed by atoms with Crippen LogP contribution in [0.1, 0.15) is 40.7 Å². The number of hydrogen-bond acceptors (Lipinski definition) is 4. The molecule has 0 radical (unpaired) electrons. The molecular weight excluding hydrogens is 394 g/mol. The maximum absolute atomic E-state index is 9.54. The number of likely N-dealkylation sites (N-methyl/N-ethyl adjacent to an activating group) is 1. The first kappa shape index (κ1) is 20.4. The van der Waals surface area contributed by atoms with E-state index in [-0.39, 0.29) is 0 Å². The van der Waals surface area contributed by atoms with Crippen LogP contribution >= 0.6 is 0 Å². The van der Waals surface area contributed by atoms with Gasteiger partial charge in [0.1, 0.15) is 0 Å². The molecule has 5 rings (SSSR count). The number of hydrogen-bond donors (Lipinski definition) is 0. The van der Waals surface area contributed by atoms with Gasteiger partial charge in [0.2, 0.25) is 5.95 Å². The fourth-order valence-electron chi connectivity index (χ4n) is 4.73. The van der Waals surface area contributed by atoms with Crippen LogP contribution < -0.4 is 0 Å². The van der Waals surface area contributed by atoms with E-state index in [1.54, 1.807) is 0 Å². The molecule has 0 saturated carbocycles. The zero-order valence-corrected chi connectivity index (χ0v) is 18.7. The molecular formula is C27H27N5. The molecule has 2 aromatic heterocycles. The average Bonchev–Trinajstić information content (AvgIpc) is 3.18. The predicted molar refractivity (Wildman–Crippen MR) is 127 cm³/mol. The molecule has 0 fully saturated rings. The Bertz CT molecular complexity index is 1310. The van der Waals surface area contributed by atoms with Crippen molar-refractivity contribution in [1.29, 1.82) is 5.26 Å². The van der Waals surface area contributed by atoms with E-state index in [4.69, 9.17) is 9.97 Å². The van der Waals surface area contributed by atoms with Crippen LogP contribution in [0.3, 0.4) is 0 Å². The molecule has 3 heterocycles. The Kier molecular flexibility index (Phi) is 5.46. The van der Waals surface area contributed by atoms with E-state index < -0.39 is 0 Å². The van der Waals surface area contributed by atoms with Gasteiger partial charge in [-0.15, -0.1) is 0 Å². The van der Waals surface area contributed by atoms with Crippen LogP contribution in [-0.2, 0) is 25.8 Å². The lowest BCUT2D eigenvalue weighted by molar-refractivity contribution is 0.263. The Morgan fingerprint density at radius 3 is 2.66 bits per heavy atom. The smallest absolute Gasteiger partial charge is 0.234 e. The minimum atomic E-state index is 0.685. The summed E-state index contributed by atoms with van der Waals surface area (Å²) in [6.45, 7) is 7.26. The Morgan fingerprint density at radius 2 is 1.88 bits per heavy atom. The van der Waals surface area contributed by atoms with Crippen molar-refractivity contribution in [3.63, 3.8) is 0 Å². The highest BCUT2D eigenvalue weighted by Gasteiger charge is 2.23. The molecule has 0 atom stereocenters. The Balaban J connectivity index is 1.62. The van der Waals surface area contributed by atoms with Gasteiger partial charge in [0, 0.05) is 36.2 Å². The lowest BCUT2D eigenvalue weighted by Gasteiger charge is -2.28. The summed E-state index contributed by atoms with van der Waals surface area (Å²) in [6, 6.07) is 20.8. The number of aromatic nitrogens is 3. The highest BCUT2D eigenvalue weighted by Crippen LogP contribution is 2.28. The van der Waals surface area contributed by atoms with Crippen molar-refractivity contribution in [3.8, 4) is 12.0 Å². The van der Waals surface area contributed by atoms with Crippen molar-refractivity contribution in [2.24, 2.45) is 0 Å². The highest BCUT2D eigenvalue weighted by molar-refractivity contribution is 5.88. The minimum Gasteiger partial charge on any atom is -0.299 e. The second-order valence-corrected chi connectivity index (χ2v) is 8.47. The standard InChI is InChI=1S/C27H27N5/c1-3-31-15-14-25-23(18-31)24(13-12-20-8-5-4-6-9-20)29-27(30-25)32-19(2)16-22-21(17-28)10-7-11-26(22)32/h4-11,16H,3,12-15,18H2,1-2H3. The summed E-state index contributed by atoms with van der Waals surface area (Å²) in [5.74, 6) is 0.722. The molecule has 5 heteroatoms. The van der Waals surface area contributed by atoms with Crippen LogP contribution in [0.5, 0.6) is 0 Å². The Morgan fingerprint density at radius 1 is 1.03 bits per heavy atom. The molecule has 2 aromatic carbocycles. The van der Waals surface area contributed by atoms with E-state index in [1.165, 1.54) is 16.8 Å². The number of nitriles is 1. The summed E-state index contributed by atoms with van der Waals surface area (Å²) in [5, 5.41) is 10.5. The number of aryl methyl sites for hydroxylation is 3. The zero-order chi connectivity index (χ0) is 22.1. The lowest BCUT2D eigenvalue weighted by atomic mass is 9.99. The van der Waals surface area contributed by atoms with Crippen LogP contribution in [0.25, 0.3) is 16.9 Å². The van der Waals surface area contributed by atoms with Gasteiger partial charge in [-0.05, 0) is 50.1 Å². The van der Waals surface area contributed by atoms with Crippen LogP contribution in [0.4, 0.5) is 0 Å². The molecule has 0 N–H and O–H groups in total. The SMILES string of the molecule is CCN1CCc2nc(-n3c(C)cc4c(C#N)cccc43)nc(CCc3ccccc3)c2C1. The molecule has 5 nitrogen and oxygen atoms in total. The molecule has 0 spiro atoms. The van der Waals surface area contributed by atoms with Crippen molar-refractivity contribution in [3.05, 3.63) is 88.4 Å². The zero-order valence-electron chi connectivity index (χ0n) is 18.7. The molecule has 32 heavy (non-hydrogen) atoms. The third-order valence-corrected chi connectivity index (χ3v) is 6.50. The number of fused-ring (bicyclic) bond motifs is 2. The lowest BCUT2D eigenvalue weighted by Crippen LogP contribution is -2.32. The van der Waals surface area contributed by atoms with E-state index in [9.17, 15) is 5.26 Å². The van der Waals surface area contributed by atoms with Gasteiger partial charge in [-0.3, -0.25) is 9.47 Å². The third kappa shape index (κ3) is 3.68. The highest BCUT2D eigenvalue weighted by atomic mass is 15.2. The van der Waals surface area contributed by atoms with E-state index >= 15 is 0 Å². The summed E-state index contributed by atoms with van der Waals surface area (Å²) >= 11 is 0. The van der Waals surface area contributed by atoms with E-state index in [1.807, 2.05) is 12.1 Å². The fourth-order valence-corrected chi connectivity index (χ4v) is 4.73. The molecule has 0 aliphatic carbocycles. The molecule has 0 amide bonds.